The Balaban J connectivity index is 1.86. The maximum atomic E-state index is 12.7. The monoisotopic (exact) mass is 270 g/mol. The third-order valence-corrected chi connectivity index (χ3v) is 4.21. The number of anilines is 1. The second-order valence-corrected chi connectivity index (χ2v) is 5.34. The number of allylic oxidation sites excluding steroid dienone is 2. The highest BCUT2D eigenvalue weighted by Gasteiger charge is 2.35. The summed E-state index contributed by atoms with van der Waals surface area (Å²) in [5, 5.41) is 11.2. The van der Waals surface area contributed by atoms with Crippen molar-refractivity contribution < 1.29 is 14.7 Å². The maximum absolute atomic E-state index is 12.7. The summed E-state index contributed by atoms with van der Waals surface area (Å²) < 4.78 is 0. The van der Waals surface area contributed by atoms with Gasteiger partial charge in [-0.1, -0.05) is 30.4 Å². The third kappa shape index (κ3) is 2.11. The number of aliphatic carboxylic acids is 1. The zero-order chi connectivity index (χ0) is 14.1. The van der Waals surface area contributed by atoms with Crippen LogP contribution >= 0.6 is 0 Å². The van der Waals surface area contributed by atoms with Crippen LogP contribution < -0.4 is 10.0 Å². The Kier molecular flexibility index (Phi) is 3.30. The number of fused-ring (bicyclic) bond motifs is 1. The minimum atomic E-state index is -1.12. The minimum Gasteiger partial charge on any atom is -0.550 e. The molecule has 4 heteroatoms. The Morgan fingerprint density at radius 1 is 1.10 bits per heavy atom. The van der Waals surface area contributed by atoms with E-state index in [4.69, 9.17) is 0 Å². The molecule has 1 aromatic rings. The lowest BCUT2D eigenvalue weighted by Gasteiger charge is -2.31. The SMILES string of the molecule is O=C([O-])[C@H]1CC=CC[C@@H]1C(=O)N1CCc2ccccc21. The minimum absolute atomic E-state index is 0.0894. The van der Waals surface area contributed by atoms with Crippen LogP contribution in [0.1, 0.15) is 18.4 Å². The highest BCUT2D eigenvalue weighted by atomic mass is 16.4. The van der Waals surface area contributed by atoms with Crippen LogP contribution in [0.15, 0.2) is 36.4 Å². The van der Waals surface area contributed by atoms with Gasteiger partial charge in [0.15, 0.2) is 0 Å². The summed E-state index contributed by atoms with van der Waals surface area (Å²) in [7, 11) is 0. The molecule has 0 unspecified atom stereocenters. The summed E-state index contributed by atoms with van der Waals surface area (Å²) in [5.74, 6) is -2.43. The zero-order valence-corrected chi connectivity index (χ0v) is 11.1. The highest BCUT2D eigenvalue weighted by molar-refractivity contribution is 5.99. The summed E-state index contributed by atoms with van der Waals surface area (Å²) in [6, 6.07) is 7.80. The first-order valence-corrected chi connectivity index (χ1v) is 6.93. The fourth-order valence-electron chi connectivity index (χ4n) is 3.11. The molecule has 20 heavy (non-hydrogen) atoms. The van der Waals surface area contributed by atoms with E-state index in [1.54, 1.807) is 4.90 Å². The second kappa shape index (κ2) is 5.12. The van der Waals surface area contributed by atoms with Gasteiger partial charge in [-0.3, -0.25) is 4.79 Å². The highest BCUT2D eigenvalue weighted by Crippen LogP contribution is 2.33. The Bertz CT molecular complexity index is 579. The number of carbonyl (C=O) groups is 2. The lowest BCUT2D eigenvalue weighted by molar-refractivity contribution is -0.313. The van der Waals surface area contributed by atoms with Gasteiger partial charge in [-0.15, -0.1) is 0 Å². The van der Waals surface area contributed by atoms with Gasteiger partial charge in [-0.05, 0) is 30.9 Å². The molecule has 0 bridgehead atoms. The van der Waals surface area contributed by atoms with Crippen LogP contribution in [0.4, 0.5) is 5.69 Å². The van der Waals surface area contributed by atoms with E-state index in [1.807, 2.05) is 36.4 Å². The maximum Gasteiger partial charge on any atom is 0.231 e. The lowest BCUT2D eigenvalue weighted by Crippen LogP contribution is -2.45. The largest absolute Gasteiger partial charge is 0.550 e. The van der Waals surface area contributed by atoms with Crippen LogP contribution in [0.2, 0.25) is 0 Å². The van der Waals surface area contributed by atoms with Crippen molar-refractivity contribution in [3.05, 3.63) is 42.0 Å². The first-order valence-electron chi connectivity index (χ1n) is 6.93. The fraction of sp³-hybridized carbons (Fsp3) is 0.375. The van der Waals surface area contributed by atoms with Gasteiger partial charge >= 0.3 is 0 Å². The Morgan fingerprint density at radius 3 is 2.55 bits per heavy atom. The predicted octanol–water partition coefficient (Wildman–Crippen LogP) is 0.908. The van der Waals surface area contributed by atoms with Gasteiger partial charge in [-0.2, -0.15) is 0 Å². The predicted molar refractivity (Wildman–Crippen MR) is 72.9 cm³/mol. The van der Waals surface area contributed by atoms with E-state index < -0.39 is 17.8 Å². The topological polar surface area (TPSA) is 60.4 Å². The zero-order valence-electron chi connectivity index (χ0n) is 11.1. The standard InChI is InChI=1S/C16H17NO3/c18-15(12-6-2-3-7-13(12)16(19)20)17-10-9-11-5-1-4-8-14(11)17/h1-5,8,12-13H,6-7,9-10H2,(H,19,20)/p-1/t12-,13-/m0/s1. The molecule has 1 heterocycles. The number of rotatable bonds is 2. The average Bonchev–Trinajstić information content (AvgIpc) is 2.90. The van der Waals surface area contributed by atoms with E-state index in [2.05, 4.69) is 0 Å². The molecule has 1 aromatic carbocycles. The van der Waals surface area contributed by atoms with Crippen LogP contribution in [0, 0.1) is 11.8 Å². The van der Waals surface area contributed by atoms with E-state index in [9.17, 15) is 14.7 Å². The quantitative estimate of drug-likeness (QED) is 0.750. The molecule has 2 atom stereocenters. The van der Waals surface area contributed by atoms with Gasteiger partial charge < -0.3 is 14.8 Å². The van der Waals surface area contributed by atoms with Crippen molar-refractivity contribution in [2.24, 2.45) is 11.8 Å². The van der Waals surface area contributed by atoms with Gasteiger partial charge in [0.1, 0.15) is 0 Å². The number of carboxylic acid groups (broad SMARTS) is 1. The van der Waals surface area contributed by atoms with Crippen LogP contribution in [0.5, 0.6) is 0 Å². The van der Waals surface area contributed by atoms with Crippen molar-refractivity contribution in [1.82, 2.24) is 0 Å². The molecule has 1 amide bonds. The Labute approximate surface area is 117 Å². The number of benzene rings is 1. The van der Waals surface area contributed by atoms with Crippen LogP contribution in [-0.4, -0.2) is 18.4 Å². The van der Waals surface area contributed by atoms with Crippen LogP contribution in [0.25, 0.3) is 0 Å². The Morgan fingerprint density at radius 2 is 1.80 bits per heavy atom. The molecule has 4 nitrogen and oxygen atoms in total. The van der Waals surface area contributed by atoms with E-state index in [0.29, 0.717) is 19.4 Å². The number of para-hydroxylation sites is 1. The first-order chi connectivity index (χ1) is 9.68. The molecule has 0 saturated heterocycles. The Hall–Kier alpha value is -2.10. The molecule has 2 aliphatic rings. The van der Waals surface area contributed by atoms with E-state index in [0.717, 1.165) is 17.7 Å². The summed E-state index contributed by atoms with van der Waals surface area (Å²) in [6.45, 7) is 0.637. The van der Waals surface area contributed by atoms with Gasteiger partial charge in [0.05, 0.1) is 5.92 Å². The summed E-state index contributed by atoms with van der Waals surface area (Å²) >= 11 is 0. The number of hydrogen-bond acceptors (Lipinski definition) is 3. The van der Waals surface area contributed by atoms with Crippen LogP contribution in [0.3, 0.4) is 0 Å². The number of amides is 1. The molecule has 0 N–H and O–H groups in total. The molecule has 0 radical (unpaired) electrons. The first kappa shape index (κ1) is 12.9. The number of hydrogen-bond donors (Lipinski definition) is 0. The molecule has 1 aliphatic heterocycles. The molecular formula is C16H16NO3-. The fourth-order valence-corrected chi connectivity index (χ4v) is 3.11. The second-order valence-electron chi connectivity index (χ2n) is 5.34. The van der Waals surface area contributed by atoms with Crippen molar-refractivity contribution in [2.45, 2.75) is 19.3 Å². The molecule has 0 aromatic heterocycles. The summed E-state index contributed by atoms with van der Waals surface area (Å²) in [5.41, 5.74) is 2.07. The van der Waals surface area contributed by atoms with Crippen molar-refractivity contribution in [3.63, 3.8) is 0 Å². The molecule has 3 rings (SSSR count). The molecule has 0 fully saturated rings. The average molecular weight is 270 g/mol. The summed E-state index contributed by atoms with van der Waals surface area (Å²) in [6.07, 6.45) is 5.41. The van der Waals surface area contributed by atoms with Gasteiger partial charge in [-0.25, -0.2) is 0 Å². The van der Waals surface area contributed by atoms with E-state index >= 15 is 0 Å². The molecule has 0 spiro atoms. The number of carboxylic acids is 1. The molecule has 104 valence electrons. The number of nitrogens with zero attached hydrogens (tertiary/aromatic N) is 1. The van der Waals surface area contributed by atoms with E-state index in [1.165, 1.54) is 0 Å². The lowest BCUT2D eigenvalue weighted by atomic mass is 9.82. The van der Waals surface area contributed by atoms with Crippen molar-refractivity contribution >= 4 is 17.6 Å². The number of carbonyl (C=O) groups excluding carboxylic acids is 2. The smallest absolute Gasteiger partial charge is 0.231 e. The van der Waals surface area contributed by atoms with Crippen molar-refractivity contribution in [3.8, 4) is 0 Å². The van der Waals surface area contributed by atoms with Gasteiger partial charge in [0.2, 0.25) is 5.91 Å². The van der Waals surface area contributed by atoms with Gasteiger partial charge in [0, 0.05) is 24.1 Å². The summed E-state index contributed by atoms with van der Waals surface area (Å²) in [4.78, 5) is 25.6. The van der Waals surface area contributed by atoms with E-state index in [-0.39, 0.29) is 5.91 Å². The van der Waals surface area contributed by atoms with Crippen molar-refractivity contribution in [2.75, 3.05) is 11.4 Å². The van der Waals surface area contributed by atoms with Gasteiger partial charge in [0.25, 0.3) is 0 Å². The normalized spacial score (nSPS) is 24.5. The van der Waals surface area contributed by atoms with Crippen LogP contribution in [-0.2, 0) is 16.0 Å². The molecule has 1 aliphatic carbocycles. The third-order valence-electron chi connectivity index (χ3n) is 4.21. The van der Waals surface area contributed by atoms with Crippen molar-refractivity contribution in [1.29, 1.82) is 0 Å². The molecule has 0 saturated carbocycles. The molecular weight excluding hydrogens is 254 g/mol.